The fraction of sp³-hybridized carbons (Fsp3) is 0.333. The Bertz CT molecular complexity index is 830. The Morgan fingerprint density at radius 2 is 1.79 bits per heavy atom. The minimum atomic E-state index is -1.86. The summed E-state index contributed by atoms with van der Waals surface area (Å²) in [5.74, 6) is 0.970. The largest absolute Gasteiger partial charge is 0.496 e. The van der Waals surface area contributed by atoms with Gasteiger partial charge in [0, 0.05) is 11.1 Å². The van der Waals surface area contributed by atoms with Crippen LogP contribution < -0.4 is 4.74 Å². The van der Waals surface area contributed by atoms with Crippen LogP contribution in [0.2, 0.25) is 13.1 Å². The summed E-state index contributed by atoms with van der Waals surface area (Å²) in [5, 5.41) is 0. The second-order valence-electron chi connectivity index (χ2n) is 7.36. The van der Waals surface area contributed by atoms with Gasteiger partial charge in [0.15, 0.2) is 7.38 Å². The molecule has 0 bridgehead atoms. The SMILES string of the molecule is COc1c(C)cc2c(c1-c1cccc(C)c1)C=C(C)C2[Si](C)(C)Cl. The quantitative estimate of drug-likeness (QED) is 0.452. The molecule has 126 valence electrons. The van der Waals surface area contributed by atoms with Gasteiger partial charge in [-0.2, -0.15) is 11.1 Å². The standard InChI is InChI=1S/C21H25ClOSi/c1-13-8-7-9-16(10-13)19-17-12-15(3)21(24(5,6)22)18(17)11-14(2)20(19)23-4/h7-12,21H,1-6H3. The predicted octanol–water partition coefficient (Wildman–Crippen LogP) is 6.46. The lowest BCUT2D eigenvalue weighted by atomic mass is 9.92. The van der Waals surface area contributed by atoms with Crippen molar-refractivity contribution in [2.75, 3.05) is 7.11 Å². The molecule has 0 saturated carbocycles. The highest BCUT2D eigenvalue weighted by Gasteiger charge is 2.38. The third-order valence-corrected chi connectivity index (χ3v) is 7.67. The molecule has 1 unspecified atom stereocenters. The van der Waals surface area contributed by atoms with Crippen molar-refractivity contribution in [3.63, 3.8) is 0 Å². The number of rotatable bonds is 3. The van der Waals surface area contributed by atoms with Crippen LogP contribution in [0.1, 0.15) is 34.7 Å². The molecule has 1 aliphatic carbocycles. The van der Waals surface area contributed by atoms with Crippen LogP contribution in [0.5, 0.6) is 5.75 Å². The Morgan fingerprint density at radius 1 is 1.08 bits per heavy atom. The summed E-state index contributed by atoms with van der Waals surface area (Å²) in [6.07, 6.45) is 2.32. The van der Waals surface area contributed by atoms with Gasteiger partial charge in [-0.15, -0.1) is 0 Å². The maximum atomic E-state index is 6.88. The monoisotopic (exact) mass is 356 g/mol. The minimum absolute atomic E-state index is 0.363. The molecule has 2 aromatic carbocycles. The zero-order valence-electron chi connectivity index (χ0n) is 15.3. The lowest BCUT2D eigenvalue weighted by molar-refractivity contribution is 0.413. The topological polar surface area (TPSA) is 9.23 Å². The molecule has 0 spiro atoms. The van der Waals surface area contributed by atoms with Crippen molar-refractivity contribution in [2.45, 2.75) is 39.4 Å². The number of halogens is 1. The first-order valence-electron chi connectivity index (χ1n) is 8.39. The van der Waals surface area contributed by atoms with Gasteiger partial charge in [0.25, 0.3) is 0 Å². The van der Waals surface area contributed by atoms with Crippen LogP contribution in [0.15, 0.2) is 35.9 Å². The Labute approximate surface area is 151 Å². The van der Waals surface area contributed by atoms with E-state index in [1.807, 2.05) is 0 Å². The van der Waals surface area contributed by atoms with E-state index in [1.165, 1.54) is 39.0 Å². The highest BCUT2D eigenvalue weighted by molar-refractivity contribution is 7.20. The summed E-state index contributed by atoms with van der Waals surface area (Å²) in [6, 6.07) is 10.9. The van der Waals surface area contributed by atoms with Gasteiger partial charge in [0.1, 0.15) is 5.75 Å². The summed E-state index contributed by atoms with van der Waals surface area (Å²) in [4.78, 5) is 0. The molecule has 1 aliphatic rings. The third kappa shape index (κ3) is 2.82. The van der Waals surface area contributed by atoms with Crippen LogP contribution in [0, 0.1) is 13.8 Å². The highest BCUT2D eigenvalue weighted by Crippen LogP contribution is 2.50. The molecular weight excluding hydrogens is 332 g/mol. The van der Waals surface area contributed by atoms with Crippen LogP contribution in [-0.2, 0) is 0 Å². The normalized spacial score (nSPS) is 16.8. The lowest BCUT2D eigenvalue weighted by Gasteiger charge is -2.26. The first kappa shape index (κ1) is 17.3. The van der Waals surface area contributed by atoms with Crippen molar-refractivity contribution in [2.24, 2.45) is 0 Å². The van der Waals surface area contributed by atoms with Crippen molar-refractivity contribution >= 4 is 24.5 Å². The fourth-order valence-electron chi connectivity index (χ4n) is 4.05. The molecule has 0 amide bonds. The number of benzene rings is 2. The number of methoxy groups -OCH3 is 1. The Morgan fingerprint density at radius 3 is 2.38 bits per heavy atom. The lowest BCUT2D eigenvalue weighted by Crippen LogP contribution is -2.28. The van der Waals surface area contributed by atoms with E-state index >= 15 is 0 Å². The number of fused-ring (bicyclic) bond motifs is 1. The van der Waals surface area contributed by atoms with Gasteiger partial charge in [-0.1, -0.05) is 60.6 Å². The van der Waals surface area contributed by atoms with E-state index in [4.69, 9.17) is 15.8 Å². The predicted molar refractivity (Wildman–Crippen MR) is 108 cm³/mol. The van der Waals surface area contributed by atoms with Crippen LogP contribution in [0.4, 0.5) is 0 Å². The molecule has 0 fully saturated rings. The van der Waals surface area contributed by atoms with E-state index in [0.29, 0.717) is 5.54 Å². The van der Waals surface area contributed by atoms with E-state index in [1.54, 1.807) is 7.11 Å². The average Bonchev–Trinajstić information content (AvgIpc) is 2.81. The van der Waals surface area contributed by atoms with Crippen molar-refractivity contribution in [1.29, 1.82) is 0 Å². The summed E-state index contributed by atoms with van der Waals surface area (Å²) in [5.41, 5.74) is 9.24. The number of ether oxygens (including phenoxy) is 1. The van der Waals surface area contributed by atoms with Gasteiger partial charge in [-0.25, -0.2) is 0 Å². The molecule has 0 heterocycles. The van der Waals surface area contributed by atoms with Crippen LogP contribution in [0.25, 0.3) is 17.2 Å². The number of hydrogen-bond donors (Lipinski definition) is 0. The molecule has 0 aromatic heterocycles. The molecule has 1 atom stereocenters. The molecule has 3 rings (SSSR count). The summed E-state index contributed by atoms with van der Waals surface area (Å²) in [6.45, 7) is 10.9. The van der Waals surface area contributed by atoms with Crippen molar-refractivity contribution in [3.8, 4) is 16.9 Å². The molecular formula is C21H25ClOSi. The number of allylic oxidation sites excluding steroid dienone is 1. The van der Waals surface area contributed by atoms with Gasteiger partial charge in [-0.3, -0.25) is 0 Å². The Balaban J connectivity index is 2.34. The van der Waals surface area contributed by atoms with Gasteiger partial charge in [0.05, 0.1) is 7.11 Å². The van der Waals surface area contributed by atoms with E-state index < -0.39 is 7.38 Å². The molecule has 2 aromatic rings. The Hall–Kier alpha value is -1.51. The molecule has 0 N–H and O–H groups in total. The molecule has 1 nitrogen and oxygen atoms in total. The second kappa shape index (κ2) is 6.09. The Kier molecular flexibility index (Phi) is 4.39. The van der Waals surface area contributed by atoms with E-state index in [0.717, 1.165) is 5.75 Å². The van der Waals surface area contributed by atoms with Crippen molar-refractivity contribution in [3.05, 3.63) is 58.2 Å². The van der Waals surface area contributed by atoms with E-state index in [2.05, 4.69) is 70.3 Å². The molecule has 24 heavy (non-hydrogen) atoms. The van der Waals surface area contributed by atoms with Crippen molar-refractivity contribution in [1.82, 2.24) is 0 Å². The molecule has 3 heteroatoms. The smallest absolute Gasteiger partial charge is 0.161 e. The highest BCUT2D eigenvalue weighted by atomic mass is 35.6. The second-order valence-corrected chi connectivity index (χ2v) is 14.0. The van der Waals surface area contributed by atoms with Gasteiger partial charge in [0.2, 0.25) is 0 Å². The van der Waals surface area contributed by atoms with Crippen LogP contribution in [-0.4, -0.2) is 14.5 Å². The summed E-state index contributed by atoms with van der Waals surface area (Å²) in [7, 11) is -0.0995. The number of hydrogen-bond acceptors (Lipinski definition) is 1. The zero-order chi connectivity index (χ0) is 17.6. The van der Waals surface area contributed by atoms with Gasteiger partial charge in [-0.05, 0) is 43.0 Å². The average molecular weight is 357 g/mol. The first-order valence-corrected chi connectivity index (χ1v) is 12.5. The van der Waals surface area contributed by atoms with E-state index in [-0.39, 0.29) is 0 Å². The fourth-order valence-corrected chi connectivity index (χ4v) is 7.07. The molecule has 0 saturated heterocycles. The summed E-state index contributed by atoms with van der Waals surface area (Å²) < 4.78 is 5.80. The van der Waals surface area contributed by atoms with Gasteiger partial charge >= 0.3 is 0 Å². The maximum absolute atomic E-state index is 6.88. The van der Waals surface area contributed by atoms with Gasteiger partial charge < -0.3 is 4.74 Å². The number of aryl methyl sites for hydroxylation is 2. The zero-order valence-corrected chi connectivity index (χ0v) is 17.1. The van der Waals surface area contributed by atoms with E-state index in [9.17, 15) is 0 Å². The van der Waals surface area contributed by atoms with Crippen LogP contribution in [0.3, 0.4) is 0 Å². The third-order valence-electron chi connectivity index (χ3n) is 4.87. The van der Waals surface area contributed by atoms with Crippen molar-refractivity contribution < 1.29 is 4.74 Å². The minimum Gasteiger partial charge on any atom is -0.496 e. The summed E-state index contributed by atoms with van der Waals surface area (Å²) >= 11 is 6.88. The first-order chi connectivity index (χ1) is 11.2. The molecule has 0 radical (unpaired) electrons. The maximum Gasteiger partial charge on any atom is 0.161 e. The molecule has 0 aliphatic heterocycles. The van der Waals surface area contributed by atoms with Crippen LogP contribution >= 0.6 is 11.1 Å².